The summed E-state index contributed by atoms with van der Waals surface area (Å²) >= 11 is 2.73. The molecule has 0 atom stereocenters. The first kappa shape index (κ1) is 20.6. The fraction of sp³-hybridized carbons (Fsp3) is 0.381. The van der Waals surface area contributed by atoms with Gasteiger partial charge in [0, 0.05) is 24.0 Å². The van der Waals surface area contributed by atoms with Crippen molar-refractivity contribution in [1.29, 1.82) is 0 Å². The number of rotatable bonds is 7. The van der Waals surface area contributed by atoms with Crippen LogP contribution in [0.5, 0.6) is 0 Å². The number of fused-ring (bicyclic) bond motifs is 1. The molecule has 148 valence electrons. The maximum absolute atomic E-state index is 12.7. The lowest BCUT2D eigenvalue weighted by Crippen LogP contribution is -2.32. The lowest BCUT2D eigenvalue weighted by molar-refractivity contribution is -0.127. The summed E-state index contributed by atoms with van der Waals surface area (Å²) in [6, 6.07) is 8.33. The van der Waals surface area contributed by atoms with E-state index in [0.29, 0.717) is 34.4 Å². The van der Waals surface area contributed by atoms with Crippen molar-refractivity contribution in [2.45, 2.75) is 38.8 Å². The molecule has 3 aromatic rings. The van der Waals surface area contributed by atoms with Gasteiger partial charge in [0.2, 0.25) is 5.91 Å². The second kappa shape index (κ2) is 8.92. The van der Waals surface area contributed by atoms with Crippen LogP contribution in [0.15, 0.2) is 39.6 Å². The van der Waals surface area contributed by atoms with E-state index in [1.807, 2.05) is 19.2 Å². The predicted molar refractivity (Wildman–Crippen MR) is 118 cm³/mol. The minimum Gasteiger partial charge on any atom is -0.343 e. The number of thioether (sulfide) groups is 1. The standard InChI is InChI=1S/C21H25N3O2S2/c1-5-24(6-2)17(25)12-28-21-22-19(26)18-16(11-27-20(18)23-21)15-9-7-14(8-10-15)13(3)4/h7-11,13H,5-6,12H2,1-4H3,(H,22,23,26). The number of hydrogen-bond acceptors (Lipinski definition) is 5. The van der Waals surface area contributed by atoms with Gasteiger partial charge in [0.05, 0.1) is 11.1 Å². The number of carbonyl (C=O) groups is 1. The van der Waals surface area contributed by atoms with E-state index >= 15 is 0 Å². The average Bonchev–Trinajstić information content (AvgIpc) is 3.12. The van der Waals surface area contributed by atoms with Crippen molar-refractivity contribution in [1.82, 2.24) is 14.9 Å². The van der Waals surface area contributed by atoms with Gasteiger partial charge < -0.3 is 9.88 Å². The van der Waals surface area contributed by atoms with Crippen LogP contribution in [-0.2, 0) is 4.79 Å². The van der Waals surface area contributed by atoms with E-state index in [2.05, 4.69) is 48.1 Å². The zero-order chi connectivity index (χ0) is 20.3. The third-order valence-corrected chi connectivity index (χ3v) is 6.49. The Morgan fingerprint density at radius 1 is 1.21 bits per heavy atom. The number of aromatic nitrogens is 2. The lowest BCUT2D eigenvalue weighted by atomic mass is 9.99. The number of amides is 1. The molecule has 0 saturated heterocycles. The van der Waals surface area contributed by atoms with Crippen LogP contribution in [0.1, 0.15) is 39.2 Å². The van der Waals surface area contributed by atoms with Crippen LogP contribution in [0, 0.1) is 0 Å². The maximum atomic E-state index is 12.7. The van der Waals surface area contributed by atoms with Crippen molar-refractivity contribution in [3.63, 3.8) is 0 Å². The average molecular weight is 416 g/mol. The summed E-state index contributed by atoms with van der Waals surface area (Å²) in [6.07, 6.45) is 0. The molecule has 0 spiro atoms. The van der Waals surface area contributed by atoms with Gasteiger partial charge in [0.25, 0.3) is 5.56 Å². The molecular weight excluding hydrogens is 390 g/mol. The summed E-state index contributed by atoms with van der Waals surface area (Å²) in [6.45, 7) is 9.60. The second-order valence-electron chi connectivity index (χ2n) is 6.83. The zero-order valence-electron chi connectivity index (χ0n) is 16.6. The van der Waals surface area contributed by atoms with Crippen LogP contribution in [0.4, 0.5) is 0 Å². The first-order valence-corrected chi connectivity index (χ1v) is 11.3. The van der Waals surface area contributed by atoms with E-state index in [1.165, 1.54) is 28.7 Å². The van der Waals surface area contributed by atoms with E-state index < -0.39 is 0 Å². The van der Waals surface area contributed by atoms with E-state index in [0.717, 1.165) is 11.1 Å². The zero-order valence-corrected chi connectivity index (χ0v) is 18.2. The minimum atomic E-state index is -0.160. The molecule has 7 heteroatoms. The molecule has 0 fully saturated rings. The Kier molecular flexibility index (Phi) is 6.57. The maximum Gasteiger partial charge on any atom is 0.260 e. The Balaban J connectivity index is 1.86. The van der Waals surface area contributed by atoms with Gasteiger partial charge in [-0.2, -0.15) is 0 Å². The molecule has 1 N–H and O–H groups in total. The molecule has 0 aliphatic heterocycles. The summed E-state index contributed by atoms with van der Waals surface area (Å²) in [5.41, 5.74) is 3.03. The summed E-state index contributed by atoms with van der Waals surface area (Å²) in [4.78, 5) is 34.8. The molecule has 3 rings (SSSR count). The quantitative estimate of drug-likeness (QED) is 0.447. The highest BCUT2D eigenvalue weighted by molar-refractivity contribution is 7.99. The fourth-order valence-electron chi connectivity index (χ4n) is 3.06. The predicted octanol–water partition coefficient (Wildman–Crippen LogP) is 4.74. The van der Waals surface area contributed by atoms with Crippen molar-refractivity contribution in [2.75, 3.05) is 18.8 Å². The largest absolute Gasteiger partial charge is 0.343 e. The van der Waals surface area contributed by atoms with Gasteiger partial charge in [0.15, 0.2) is 5.16 Å². The van der Waals surface area contributed by atoms with E-state index in [-0.39, 0.29) is 17.2 Å². The van der Waals surface area contributed by atoms with E-state index in [4.69, 9.17) is 0 Å². The number of aromatic amines is 1. The van der Waals surface area contributed by atoms with Gasteiger partial charge in [-0.05, 0) is 30.9 Å². The third-order valence-electron chi connectivity index (χ3n) is 4.76. The molecule has 0 unspecified atom stereocenters. The fourth-order valence-corrected chi connectivity index (χ4v) is 4.82. The van der Waals surface area contributed by atoms with E-state index in [1.54, 1.807) is 4.90 Å². The van der Waals surface area contributed by atoms with Crippen LogP contribution in [0.3, 0.4) is 0 Å². The Labute approximate surface area is 173 Å². The Hall–Kier alpha value is -2.12. The molecule has 0 bridgehead atoms. The van der Waals surface area contributed by atoms with Gasteiger partial charge in [0.1, 0.15) is 4.83 Å². The molecular formula is C21H25N3O2S2. The van der Waals surface area contributed by atoms with Crippen LogP contribution in [-0.4, -0.2) is 39.6 Å². The Morgan fingerprint density at radius 3 is 2.50 bits per heavy atom. The Morgan fingerprint density at radius 2 is 1.89 bits per heavy atom. The molecule has 1 amide bonds. The number of nitrogens with zero attached hydrogens (tertiary/aromatic N) is 2. The summed E-state index contributed by atoms with van der Waals surface area (Å²) in [5.74, 6) is 0.789. The number of thiophene rings is 1. The lowest BCUT2D eigenvalue weighted by Gasteiger charge is -2.17. The van der Waals surface area contributed by atoms with Crippen LogP contribution >= 0.6 is 23.1 Å². The minimum absolute atomic E-state index is 0.0508. The molecule has 28 heavy (non-hydrogen) atoms. The SMILES string of the molecule is CCN(CC)C(=O)CSc1nc2scc(-c3ccc(C(C)C)cc3)c2c(=O)[nH]1. The molecule has 5 nitrogen and oxygen atoms in total. The van der Waals surface area contributed by atoms with E-state index in [9.17, 15) is 9.59 Å². The molecule has 1 aromatic carbocycles. The summed E-state index contributed by atoms with van der Waals surface area (Å²) < 4.78 is 0. The number of hydrogen-bond donors (Lipinski definition) is 1. The molecule has 0 saturated carbocycles. The van der Waals surface area contributed by atoms with Gasteiger partial charge in [-0.15, -0.1) is 11.3 Å². The normalized spacial score (nSPS) is 11.3. The molecule has 0 aliphatic carbocycles. The molecule has 0 aliphatic rings. The highest BCUT2D eigenvalue weighted by Crippen LogP contribution is 2.32. The summed E-state index contributed by atoms with van der Waals surface area (Å²) in [7, 11) is 0. The number of nitrogens with one attached hydrogen (secondary N) is 1. The third kappa shape index (κ3) is 4.31. The number of benzene rings is 1. The van der Waals surface area contributed by atoms with Crippen molar-refractivity contribution < 1.29 is 4.79 Å². The first-order chi connectivity index (χ1) is 13.4. The van der Waals surface area contributed by atoms with Gasteiger partial charge in [-0.25, -0.2) is 4.98 Å². The topological polar surface area (TPSA) is 66.1 Å². The van der Waals surface area contributed by atoms with Crippen molar-refractivity contribution in [3.8, 4) is 11.1 Å². The highest BCUT2D eigenvalue weighted by atomic mass is 32.2. The number of H-pyrrole nitrogens is 1. The second-order valence-corrected chi connectivity index (χ2v) is 8.65. The van der Waals surface area contributed by atoms with Crippen molar-refractivity contribution >= 4 is 39.2 Å². The van der Waals surface area contributed by atoms with Crippen molar-refractivity contribution in [3.05, 3.63) is 45.6 Å². The van der Waals surface area contributed by atoms with Crippen LogP contribution in [0.2, 0.25) is 0 Å². The summed E-state index contributed by atoms with van der Waals surface area (Å²) in [5, 5.41) is 3.08. The molecule has 2 aromatic heterocycles. The Bertz CT molecular complexity index is 1020. The number of carbonyl (C=O) groups excluding carboxylic acids is 1. The monoisotopic (exact) mass is 415 g/mol. The first-order valence-electron chi connectivity index (χ1n) is 9.47. The van der Waals surface area contributed by atoms with Gasteiger partial charge in [-0.3, -0.25) is 9.59 Å². The van der Waals surface area contributed by atoms with Crippen molar-refractivity contribution in [2.24, 2.45) is 0 Å². The highest BCUT2D eigenvalue weighted by Gasteiger charge is 2.15. The molecule has 2 heterocycles. The van der Waals surface area contributed by atoms with Crippen LogP contribution in [0.25, 0.3) is 21.3 Å². The van der Waals surface area contributed by atoms with Crippen LogP contribution < -0.4 is 5.56 Å². The van der Waals surface area contributed by atoms with Gasteiger partial charge >= 0.3 is 0 Å². The van der Waals surface area contributed by atoms with Gasteiger partial charge in [-0.1, -0.05) is 49.9 Å². The smallest absolute Gasteiger partial charge is 0.260 e. The molecule has 0 radical (unpaired) electrons.